The van der Waals surface area contributed by atoms with Crippen molar-refractivity contribution in [1.29, 1.82) is 0 Å². The average molecular weight is 709 g/mol. The van der Waals surface area contributed by atoms with Gasteiger partial charge >= 0.3 is 12.1 Å². The van der Waals surface area contributed by atoms with E-state index in [4.69, 9.17) is 20.9 Å². The Morgan fingerprint density at radius 1 is 1.13 bits per heavy atom. The lowest BCUT2D eigenvalue weighted by Crippen LogP contribution is -2.57. The highest BCUT2D eigenvalue weighted by Crippen LogP contribution is 2.45. The number of aromatic nitrogens is 3. The van der Waals surface area contributed by atoms with Crippen molar-refractivity contribution >= 4 is 33.6 Å². The second-order valence-corrected chi connectivity index (χ2v) is 15.6. The Balaban J connectivity index is 1.22. The molecule has 52 heavy (non-hydrogen) atoms. The number of aliphatic hydroxyl groups is 1. The molecule has 2 aromatic carbocycles. The Hall–Kier alpha value is -4.86. The predicted octanol–water partition coefficient (Wildman–Crippen LogP) is 6.23. The Kier molecular flexibility index (Phi) is 8.34. The van der Waals surface area contributed by atoms with Gasteiger partial charge in [-0.05, 0) is 64.3 Å². The fourth-order valence-electron chi connectivity index (χ4n) is 8.86. The van der Waals surface area contributed by atoms with Gasteiger partial charge in [0.05, 0.1) is 35.2 Å². The van der Waals surface area contributed by atoms with Crippen molar-refractivity contribution in [3.05, 3.63) is 65.9 Å². The zero-order chi connectivity index (χ0) is 36.5. The molecule has 6 heterocycles. The van der Waals surface area contributed by atoms with E-state index in [0.717, 1.165) is 37.7 Å². The third-order valence-electron chi connectivity index (χ3n) is 11.1. The van der Waals surface area contributed by atoms with Gasteiger partial charge < -0.3 is 19.5 Å². The molecule has 8 rings (SSSR count). The fraction of sp³-hybridized carbons (Fsp3) is 0.450. The summed E-state index contributed by atoms with van der Waals surface area (Å²) in [5, 5.41) is 11.5. The standard InChI is InChI=1S/C40H42F2N6O4/c1-6-28-31(41)13-10-24-8-7-9-29(32(24)28)34-33(42)35-30(17-43-34)36(46-19-25-11-12-26(20-46)48(25)38(50)52-39(3,4)5)45-37(44-35)51-22-40-15-14-27(21-49)47(40)18-23(2)16-40/h1,7-10,13,17,25-27,49H,2,11-12,14-16,18-22H2,3-5H3/t25-,26+,27-,40-/m0/s1. The number of amides is 1. The van der Waals surface area contributed by atoms with Crippen LogP contribution in [0.15, 0.2) is 48.7 Å². The molecular weight excluding hydrogens is 666 g/mol. The van der Waals surface area contributed by atoms with Crippen molar-refractivity contribution in [3.63, 3.8) is 0 Å². The maximum Gasteiger partial charge on any atom is 0.410 e. The maximum atomic E-state index is 17.1. The minimum atomic E-state index is -0.712. The summed E-state index contributed by atoms with van der Waals surface area (Å²) >= 11 is 0. The summed E-state index contributed by atoms with van der Waals surface area (Å²) < 4.78 is 44.2. The highest BCUT2D eigenvalue weighted by atomic mass is 19.1. The van der Waals surface area contributed by atoms with E-state index < -0.39 is 17.2 Å². The summed E-state index contributed by atoms with van der Waals surface area (Å²) in [4.78, 5) is 33.6. The molecule has 2 aromatic heterocycles. The molecule has 4 saturated heterocycles. The number of terminal acetylenes is 1. The molecule has 12 heteroatoms. The first kappa shape index (κ1) is 34.2. The normalized spacial score (nSPS) is 24.5. The van der Waals surface area contributed by atoms with Gasteiger partial charge in [-0.3, -0.25) is 14.8 Å². The largest absolute Gasteiger partial charge is 0.461 e. The molecule has 270 valence electrons. The fourth-order valence-corrected chi connectivity index (χ4v) is 8.86. The number of carbonyl (C=O) groups is 1. The number of fused-ring (bicyclic) bond motifs is 5. The second kappa shape index (κ2) is 12.7. The third kappa shape index (κ3) is 5.71. The van der Waals surface area contributed by atoms with Gasteiger partial charge in [0.2, 0.25) is 0 Å². The van der Waals surface area contributed by atoms with Crippen molar-refractivity contribution in [2.45, 2.75) is 82.1 Å². The maximum absolute atomic E-state index is 17.1. The van der Waals surface area contributed by atoms with Crippen LogP contribution >= 0.6 is 0 Å². The molecule has 0 unspecified atom stereocenters. The van der Waals surface area contributed by atoms with Gasteiger partial charge in [-0.15, -0.1) is 6.42 Å². The quantitative estimate of drug-likeness (QED) is 0.185. The zero-order valence-electron chi connectivity index (χ0n) is 29.7. The van der Waals surface area contributed by atoms with E-state index >= 15 is 4.39 Å². The lowest BCUT2D eigenvalue weighted by Gasteiger charge is -2.42. The van der Waals surface area contributed by atoms with Gasteiger partial charge in [-0.1, -0.05) is 42.3 Å². The number of carbonyl (C=O) groups excluding carboxylic acids is 1. The topological polar surface area (TPSA) is 104 Å². The number of nitrogens with zero attached hydrogens (tertiary/aromatic N) is 6. The smallest absolute Gasteiger partial charge is 0.410 e. The summed E-state index contributed by atoms with van der Waals surface area (Å²) in [7, 11) is 0. The molecule has 4 aromatic rings. The molecule has 4 aliphatic heterocycles. The number of halogens is 2. The van der Waals surface area contributed by atoms with Crippen LogP contribution in [0.1, 0.15) is 58.4 Å². The predicted molar refractivity (Wildman–Crippen MR) is 194 cm³/mol. The van der Waals surface area contributed by atoms with Crippen LogP contribution in [-0.2, 0) is 4.74 Å². The van der Waals surface area contributed by atoms with Gasteiger partial charge in [-0.25, -0.2) is 13.6 Å². The summed E-state index contributed by atoms with van der Waals surface area (Å²) in [5.74, 6) is 1.60. The molecule has 0 radical (unpaired) electrons. The van der Waals surface area contributed by atoms with E-state index in [-0.39, 0.29) is 65.8 Å². The van der Waals surface area contributed by atoms with Gasteiger partial charge in [0, 0.05) is 42.8 Å². The molecule has 0 saturated carbocycles. The first-order valence-electron chi connectivity index (χ1n) is 17.9. The van der Waals surface area contributed by atoms with Crippen LogP contribution in [0.2, 0.25) is 0 Å². The van der Waals surface area contributed by atoms with Crippen molar-refractivity contribution in [1.82, 2.24) is 24.8 Å². The number of piperazine rings is 1. The molecule has 1 N–H and O–H groups in total. The molecule has 2 bridgehead atoms. The molecule has 0 spiro atoms. The van der Waals surface area contributed by atoms with Gasteiger partial charge in [0.1, 0.15) is 35.1 Å². The lowest BCUT2D eigenvalue weighted by atomic mass is 9.94. The first-order valence-corrected chi connectivity index (χ1v) is 17.9. The van der Waals surface area contributed by atoms with E-state index in [1.165, 1.54) is 6.07 Å². The van der Waals surface area contributed by atoms with Crippen molar-refractivity contribution in [2.75, 3.05) is 37.7 Å². The lowest BCUT2D eigenvalue weighted by molar-refractivity contribution is 0.0122. The molecule has 10 nitrogen and oxygen atoms in total. The Labute approximate surface area is 301 Å². The molecule has 4 fully saturated rings. The van der Waals surface area contributed by atoms with Crippen molar-refractivity contribution in [3.8, 4) is 29.6 Å². The summed E-state index contributed by atoms with van der Waals surface area (Å²) in [6, 6.07) is 7.89. The van der Waals surface area contributed by atoms with Gasteiger partial charge in [0.15, 0.2) is 5.82 Å². The first-order chi connectivity index (χ1) is 24.9. The molecule has 4 aliphatic rings. The molecule has 0 aliphatic carbocycles. The number of pyridine rings is 1. The number of ether oxygens (including phenoxy) is 2. The third-order valence-corrected chi connectivity index (χ3v) is 11.1. The Morgan fingerprint density at radius 2 is 1.90 bits per heavy atom. The van der Waals surface area contributed by atoms with Gasteiger partial charge in [-0.2, -0.15) is 9.97 Å². The second-order valence-electron chi connectivity index (χ2n) is 15.6. The van der Waals surface area contributed by atoms with Crippen LogP contribution in [0, 0.1) is 24.0 Å². The van der Waals surface area contributed by atoms with Crippen molar-refractivity contribution < 1.29 is 28.2 Å². The van der Waals surface area contributed by atoms with E-state index in [0.29, 0.717) is 47.2 Å². The molecule has 4 atom stereocenters. The minimum absolute atomic E-state index is 0.00688. The number of benzene rings is 2. The SMILES string of the molecule is C#Cc1c(F)ccc2cccc(-c3ncc4c(N5C[C@H]6CC[C@@H](C5)N6C(=O)OC(C)(C)C)nc(OC[C@@]56CC[C@@H](CO)N5CC(=C)C6)nc4c3F)c12. The summed E-state index contributed by atoms with van der Waals surface area (Å²) in [6.07, 6.45) is 10.9. The van der Waals surface area contributed by atoms with Crippen LogP contribution in [0.25, 0.3) is 32.9 Å². The monoisotopic (exact) mass is 708 g/mol. The Morgan fingerprint density at radius 3 is 2.62 bits per heavy atom. The molecular formula is C40H42F2N6O4. The average Bonchev–Trinajstić information content (AvgIpc) is 3.71. The van der Waals surface area contributed by atoms with E-state index in [1.54, 1.807) is 30.5 Å². The number of rotatable bonds is 6. The number of anilines is 1. The minimum Gasteiger partial charge on any atom is -0.461 e. The summed E-state index contributed by atoms with van der Waals surface area (Å²) in [5.41, 5.74) is 0.423. The van der Waals surface area contributed by atoms with Crippen LogP contribution in [0.4, 0.5) is 19.4 Å². The van der Waals surface area contributed by atoms with E-state index in [1.807, 2.05) is 25.7 Å². The number of hydrogen-bond donors (Lipinski definition) is 1. The Bertz CT molecular complexity index is 2150. The van der Waals surface area contributed by atoms with Crippen molar-refractivity contribution in [2.24, 2.45) is 0 Å². The highest BCUT2D eigenvalue weighted by Gasteiger charge is 2.51. The van der Waals surface area contributed by atoms with Crippen LogP contribution in [0.3, 0.4) is 0 Å². The van der Waals surface area contributed by atoms with Gasteiger partial charge in [0.25, 0.3) is 0 Å². The number of hydrogen-bond acceptors (Lipinski definition) is 9. The number of aliphatic hydroxyl groups excluding tert-OH is 1. The van der Waals surface area contributed by atoms with Crippen LogP contribution < -0.4 is 9.64 Å². The highest BCUT2D eigenvalue weighted by molar-refractivity contribution is 6.02. The van der Waals surface area contributed by atoms with E-state index in [9.17, 15) is 14.3 Å². The van der Waals surface area contributed by atoms with Crippen LogP contribution in [0.5, 0.6) is 6.01 Å². The van der Waals surface area contributed by atoms with Crippen LogP contribution in [-0.4, -0.2) is 98.1 Å². The van der Waals surface area contributed by atoms with E-state index in [2.05, 4.69) is 32.3 Å². The molecule has 1 amide bonds. The summed E-state index contributed by atoms with van der Waals surface area (Å²) in [6.45, 7) is 11.6. The zero-order valence-corrected chi connectivity index (χ0v) is 29.7.